The van der Waals surface area contributed by atoms with Crippen molar-refractivity contribution in [2.24, 2.45) is 0 Å². The summed E-state index contributed by atoms with van der Waals surface area (Å²) in [6, 6.07) is 14.5. The van der Waals surface area contributed by atoms with Crippen LogP contribution in [0.3, 0.4) is 0 Å². The van der Waals surface area contributed by atoms with Crippen LogP contribution in [-0.4, -0.2) is 25.8 Å². The van der Waals surface area contributed by atoms with Crippen molar-refractivity contribution < 1.29 is 4.79 Å². The molecule has 0 aliphatic rings. The normalized spacial score (nSPS) is 12.2. The zero-order valence-electron chi connectivity index (χ0n) is 14.3. The molecule has 4 nitrogen and oxygen atoms in total. The van der Waals surface area contributed by atoms with Gasteiger partial charge in [-0.25, -0.2) is 0 Å². The highest BCUT2D eigenvalue weighted by Gasteiger charge is 2.22. The van der Waals surface area contributed by atoms with Gasteiger partial charge < -0.3 is 4.57 Å². The second-order valence-corrected chi connectivity index (χ2v) is 7.82. The number of benzene rings is 2. The molecule has 0 aliphatic carbocycles. The Bertz CT molecular complexity index is 928. The molecule has 7 heteroatoms. The lowest BCUT2D eigenvalue weighted by Gasteiger charge is -2.12. The quantitative estimate of drug-likeness (QED) is 0.393. The van der Waals surface area contributed by atoms with E-state index in [-0.39, 0.29) is 11.0 Å². The second kappa shape index (κ2) is 8.25. The molecule has 0 bridgehead atoms. The summed E-state index contributed by atoms with van der Waals surface area (Å²) in [4.78, 5) is 12.6. The molecule has 1 aromatic heterocycles. The topological polar surface area (TPSA) is 47.8 Å². The second-order valence-electron chi connectivity index (χ2n) is 5.66. The maximum atomic E-state index is 12.6. The Hall–Kier alpha value is -1.82. The van der Waals surface area contributed by atoms with Gasteiger partial charge in [-0.05, 0) is 32.0 Å². The first-order valence-corrected chi connectivity index (χ1v) is 9.79. The predicted molar refractivity (Wildman–Crippen MR) is 107 cm³/mol. The highest BCUT2D eigenvalue weighted by molar-refractivity contribution is 8.00. The Balaban J connectivity index is 1.87. The number of hydrogen-bond acceptors (Lipinski definition) is 4. The van der Waals surface area contributed by atoms with Crippen LogP contribution in [0.5, 0.6) is 0 Å². The molecule has 0 aliphatic heterocycles. The SMILES string of the molecule is CCn1c(S[C@H](C)C(=O)c2ccccc2)nnc1-c1ccc(Cl)cc1Cl. The number of ketones is 1. The highest BCUT2D eigenvalue weighted by atomic mass is 35.5. The van der Waals surface area contributed by atoms with Crippen LogP contribution < -0.4 is 0 Å². The van der Waals surface area contributed by atoms with Crippen LogP contribution in [0.4, 0.5) is 0 Å². The zero-order chi connectivity index (χ0) is 18.7. The molecule has 0 saturated carbocycles. The summed E-state index contributed by atoms with van der Waals surface area (Å²) in [6.45, 7) is 4.55. The smallest absolute Gasteiger partial charge is 0.192 e. The van der Waals surface area contributed by atoms with Gasteiger partial charge in [0, 0.05) is 22.7 Å². The molecular formula is C19H17Cl2N3OS. The van der Waals surface area contributed by atoms with E-state index < -0.39 is 0 Å². The monoisotopic (exact) mass is 405 g/mol. The number of Topliss-reactive ketones (excluding diaryl/α,β-unsaturated/α-hetero) is 1. The minimum Gasteiger partial charge on any atom is -0.302 e. The van der Waals surface area contributed by atoms with E-state index in [2.05, 4.69) is 10.2 Å². The summed E-state index contributed by atoms with van der Waals surface area (Å²) in [6.07, 6.45) is 0. The number of thioether (sulfide) groups is 1. The summed E-state index contributed by atoms with van der Waals surface area (Å²) in [5.41, 5.74) is 1.45. The first kappa shape index (κ1) is 19.0. The van der Waals surface area contributed by atoms with Gasteiger partial charge in [-0.3, -0.25) is 4.79 Å². The van der Waals surface area contributed by atoms with Crippen molar-refractivity contribution >= 4 is 40.7 Å². The van der Waals surface area contributed by atoms with E-state index in [0.29, 0.717) is 33.1 Å². The molecule has 1 atom stereocenters. The molecule has 0 N–H and O–H groups in total. The molecule has 0 unspecified atom stereocenters. The molecule has 0 amide bonds. The fourth-order valence-corrected chi connectivity index (χ4v) is 4.06. The minimum absolute atomic E-state index is 0.0623. The molecule has 2 aromatic carbocycles. The van der Waals surface area contributed by atoms with Gasteiger partial charge in [-0.1, -0.05) is 65.3 Å². The average molecular weight is 406 g/mol. The fourth-order valence-electron chi connectivity index (χ4n) is 2.58. The van der Waals surface area contributed by atoms with Crippen LogP contribution in [0.25, 0.3) is 11.4 Å². The number of carbonyl (C=O) groups is 1. The molecule has 1 heterocycles. The molecule has 134 valence electrons. The van der Waals surface area contributed by atoms with Crippen LogP contribution in [0.2, 0.25) is 10.0 Å². The number of halogens is 2. The van der Waals surface area contributed by atoms with Gasteiger partial charge in [-0.2, -0.15) is 0 Å². The lowest BCUT2D eigenvalue weighted by Crippen LogP contribution is -2.14. The third-order valence-electron chi connectivity index (χ3n) is 3.91. The van der Waals surface area contributed by atoms with E-state index >= 15 is 0 Å². The molecule has 0 radical (unpaired) electrons. The van der Waals surface area contributed by atoms with Crippen molar-refractivity contribution in [1.82, 2.24) is 14.8 Å². The number of aromatic nitrogens is 3. The molecule has 3 aromatic rings. The largest absolute Gasteiger partial charge is 0.302 e. The van der Waals surface area contributed by atoms with Crippen molar-refractivity contribution in [1.29, 1.82) is 0 Å². The number of rotatable bonds is 6. The van der Waals surface area contributed by atoms with Crippen molar-refractivity contribution in [2.75, 3.05) is 0 Å². The molecule has 3 rings (SSSR count). The Morgan fingerprint density at radius 3 is 2.54 bits per heavy atom. The summed E-state index contributed by atoms with van der Waals surface area (Å²) < 4.78 is 1.95. The van der Waals surface area contributed by atoms with E-state index in [0.717, 1.165) is 5.56 Å². The minimum atomic E-state index is -0.277. The first-order chi connectivity index (χ1) is 12.5. The number of hydrogen-bond donors (Lipinski definition) is 0. The molecule has 0 spiro atoms. The van der Waals surface area contributed by atoms with E-state index in [1.165, 1.54) is 11.8 Å². The van der Waals surface area contributed by atoms with Gasteiger partial charge in [0.15, 0.2) is 16.8 Å². The van der Waals surface area contributed by atoms with E-state index in [4.69, 9.17) is 23.2 Å². The molecule has 0 fully saturated rings. The standard InChI is InChI=1S/C19H17Cl2N3OS/c1-3-24-18(15-10-9-14(20)11-16(15)21)22-23-19(24)26-12(2)17(25)13-7-5-4-6-8-13/h4-12H,3H2,1-2H3/t12-/m1/s1. The van der Waals surface area contributed by atoms with Crippen LogP contribution in [0.1, 0.15) is 24.2 Å². The lowest BCUT2D eigenvalue weighted by molar-refractivity contribution is 0.0994. The van der Waals surface area contributed by atoms with Crippen LogP contribution in [0, 0.1) is 0 Å². The average Bonchev–Trinajstić information content (AvgIpc) is 3.04. The van der Waals surface area contributed by atoms with Crippen LogP contribution >= 0.6 is 35.0 Å². The van der Waals surface area contributed by atoms with Crippen molar-refractivity contribution in [3.63, 3.8) is 0 Å². The van der Waals surface area contributed by atoms with Gasteiger partial charge in [0.1, 0.15) is 0 Å². The van der Waals surface area contributed by atoms with Crippen LogP contribution in [0.15, 0.2) is 53.7 Å². The molecule has 0 saturated heterocycles. The van der Waals surface area contributed by atoms with E-state index in [1.807, 2.05) is 54.8 Å². The van der Waals surface area contributed by atoms with Gasteiger partial charge in [0.05, 0.1) is 10.3 Å². The third kappa shape index (κ3) is 3.95. The lowest BCUT2D eigenvalue weighted by atomic mass is 10.1. The number of nitrogens with zero attached hydrogens (tertiary/aromatic N) is 3. The summed E-state index contributed by atoms with van der Waals surface area (Å²) >= 11 is 13.7. The fraction of sp³-hybridized carbons (Fsp3) is 0.211. The van der Waals surface area contributed by atoms with E-state index in [1.54, 1.807) is 12.1 Å². The van der Waals surface area contributed by atoms with Gasteiger partial charge >= 0.3 is 0 Å². The third-order valence-corrected chi connectivity index (χ3v) is 5.54. The van der Waals surface area contributed by atoms with Crippen molar-refractivity contribution in [3.8, 4) is 11.4 Å². The predicted octanol–water partition coefficient (Wildman–Crippen LogP) is 5.64. The van der Waals surface area contributed by atoms with Gasteiger partial charge in [0.2, 0.25) is 0 Å². The Morgan fingerprint density at radius 2 is 1.88 bits per heavy atom. The zero-order valence-corrected chi connectivity index (χ0v) is 16.6. The van der Waals surface area contributed by atoms with E-state index in [9.17, 15) is 4.79 Å². The maximum Gasteiger partial charge on any atom is 0.192 e. The van der Waals surface area contributed by atoms with Crippen molar-refractivity contribution in [2.45, 2.75) is 30.8 Å². The summed E-state index contributed by atoms with van der Waals surface area (Å²) in [5.74, 6) is 0.725. The maximum absolute atomic E-state index is 12.6. The number of carbonyl (C=O) groups excluding carboxylic acids is 1. The summed E-state index contributed by atoms with van der Waals surface area (Å²) in [7, 11) is 0. The molecular weight excluding hydrogens is 389 g/mol. The summed E-state index contributed by atoms with van der Waals surface area (Å²) in [5, 5.41) is 10.1. The Labute approximate surface area is 166 Å². The van der Waals surface area contributed by atoms with Crippen LogP contribution in [-0.2, 0) is 6.54 Å². The van der Waals surface area contributed by atoms with Gasteiger partial charge in [0.25, 0.3) is 0 Å². The Morgan fingerprint density at radius 1 is 1.15 bits per heavy atom. The molecule has 26 heavy (non-hydrogen) atoms. The van der Waals surface area contributed by atoms with Gasteiger partial charge in [-0.15, -0.1) is 10.2 Å². The van der Waals surface area contributed by atoms with Crippen molar-refractivity contribution in [3.05, 3.63) is 64.1 Å². The Kier molecular flexibility index (Phi) is 6.01. The first-order valence-electron chi connectivity index (χ1n) is 8.15. The highest BCUT2D eigenvalue weighted by Crippen LogP contribution is 2.32.